The third-order valence-corrected chi connectivity index (χ3v) is 6.26. The van der Waals surface area contributed by atoms with Crippen molar-refractivity contribution in [1.82, 2.24) is 10.6 Å². The van der Waals surface area contributed by atoms with Crippen LogP contribution in [-0.4, -0.2) is 54.5 Å². The Labute approximate surface area is 192 Å². The number of hydrogen-bond donors (Lipinski definition) is 3. The predicted octanol–water partition coefficient (Wildman–Crippen LogP) is 3.05. The van der Waals surface area contributed by atoms with E-state index in [2.05, 4.69) is 22.8 Å². The zero-order chi connectivity index (χ0) is 23.4. The lowest BCUT2D eigenvalue weighted by Gasteiger charge is -2.22. The topological polar surface area (TPSA) is 114 Å². The van der Waals surface area contributed by atoms with E-state index in [0.29, 0.717) is 19.4 Å². The van der Waals surface area contributed by atoms with E-state index in [1.807, 2.05) is 36.4 Å². The van der Waals surface area contributed by atoms with Gasteiger partial charge in [0.2, 0.25) is 0 Å². The van der Waals surface area contributed by atoms with Gasteiger partial charge in [0.1, 0.15) is 6.61 Å². The second-order valence-electron chi connectivity index (χ2n) is 8.37. The molecular formula is C25H28N2O6. The summed E-state index contributed by atoms with van der Waals surface area (Å²) in [6.45, 7) is 2.30. The Morgan fingerprint density at radius 2 is 1.73 bits per heavy atom. The molecule has 2 aromatic carbocycles. The maximum absolute atomic E-state index is 12.6. The number of fused-ring (bicyclic) bond motifs is 3. The van der Waals surface area contributed by atoms with Crippen molar-refractivity contribution < 1.29 is 29.0 Å². The highest BCUT2D eigenvalue weighted by molar-refractivity contribution is 5.84. The van der Waals surface area contributed by atoms with Gasteiger partial charge in [-0.05, 0) is 35.1 Å². The summed E-state index contributed by atoms with van der Waals surface area (Å²) in [7, 11) is 0. The number of carbonyl (C=O) groups excluding carboxylic acids is 2. The van der Waals surface area contributed by atoms with Crippen LogP contribution in [0, 0.1) is 0 Å². The van der Waals surface area contributed by atoms with E-state index < -0.39 is 36.2 Å². The van der Waals surface area contributed by atoms with Crippen molar-refractivity contribution >= 4 is 18.0 Å². The minimum absolute atomic E-state index is 0.0524. The van der Waals surface area contributed by atoms with Crippen LogP contribution in [0.25, 0.3) is 11.1 Å². The van der Waals surface area contributed by atoms with Crippen molar-refractivity contribution in [3.8, 4) is 11.1 Å². The third-order valence-electron chi connectivity index (χ3n) is 6.26. The van der Waals surface area contributed by atoms with E-state index in [4.69, 9.17) is 14.6 Å². The van der Waals surface area contributed by atoms with Crippen molar-refractivity contribution in [2.24, 2.45) is 0 Å². The molecule has 0 bridgehead atoms. The molecule has 33 heavy (non-hydrogen) atoms. The number of nitrogens with one attached hydrogen (secondary N) is 2. The summed E-state index contributed by atoms with van der Waals surface area (Å²) in [4.78, 5) is 36.1. The fourth-order valence-corrected chi connectivity index (χ4v) is 4.58. The first-order valence-electron chi connectivity index (χ1n) is 11.2. The molecule has 1 heterocycles. The molecule has 8 heteroatoms. The van der Waals surface area contributed by atoms with Gasteiger partial charge in [0.15, 0.2) is 6.10 Å². The highest BCUT2D eigenvalue weighted by Gasteiger charge is 2.37. The summed E-state index contributed by atoms with van der Waals surface area (Å²) >= 11 is 0. The van der Waals surface area contributed by atoms with Crippen LogP contribution in [0.2, 0.25) is 0 Å². The summed E-state index contributed by atoms with van der Waals surface area (Å²) in [6.07, 6.45) is -0.705. The summed E-state index contributed by atoms with van der Waals surface area (Å²) in [5, 5.41) is 14.4. The zero-order valence-electron chi connectivity index (χ0n) is 18.5. The second kappa shape index (κ2) is 10.0. The Kier molecular flexibility index (Phi) is 6.93. The molecule has 1 aliphatic heterocycles. The van der Waals surface area contributed by atoms with E-state index in [1.165, 1.54) is 0 Å². The fraction of sp³-hybridized carbons (Fsp3) is 0.400. The van der Waals surface area contributed by atoms with E-state index in [0.717, 1.165) is 22.3 Å². The summed E-state index contributed by atoms with van der Waals surface area (Å²) in [6, 6.07) is 15.2. The number of carboxylic acid groups (broad SMARTS) is 1. The molecule has 2 amide bonds. The minimum Gasteiger partial charge on any atom is -0.481 e. The Morgan fingerprint density at radius 1 is 1.09 bits per heavy atom. The minimum atomic E-state index is -0.984. The highest BCUT2D eigenvalue weighted by Crippen LogP contribution is 2.44. The molecule has 8 nitrogen and oxygen atoms in total. The van der Waals surface area contributed by atoms with Crippen molar-refractivity contribution in [2.45, 2.75) is 50.3 Å². The van der Waals surface area contributed by atoms with Crippen LogP contribution in [0.1, 0.15) is 43.2 Å². The van der Waals surface area contributed by atoms with Crippen molar-refractivity contribution in [1.29, 1.82) is 0 Å². The summed E-state index contributed by atoms with van der Waals surface area (Å²) in [5.74, 6) is -1.46. The molecule has 1 fully saturated rings. The van der Waals surface area contributed by atoms with Crippen LogP contribution in [0.5, 0.6) is 0 Å². The van der Waals surface area contributed by atoms with Crippen LogP contribution in [0.15, 0.2) is 48.5 Å². The molecule has 174 valence electrons. The molecular weight excluding hydrogens is 424 g/mol. The molecule has 3 N–H and O–H groups in total. The van der Waals surface area contributed by atoms with E-state index in [1.54, 1.807) is 6.92 Å². The van der Waals surface area contributed by atoms with Crippen molar-refractivity contribution in [2.75, 3.05) is 13.2 Å². The molecule has 1 aliphatic carbocycles. The maximum Gasteiger partial charge on any atom is 0.407 e. The van der Waals surface area contributed by atoms with Gasteiger partial charge in [0.25, 0.3) is 5.91 Å². The number of carbonyl (C=O) groups is 3. The van der Waals surface area contributed by atoms with Crippen LogP contribution in [0.3, 0.4) is 0 Å². The zero-order valence-corrected chi connectivity index (χ0v) is 18.5. The summed E-state index contributed by atoms with van der Waals surface area (Å²) in [5.41, 5.74) is 4.54. The van der Waals surface area contributed by atoms with Crippen LogP contribution in [-0.2, 0) is 19.1 Å². The molecule has 0 aromatic heterocycles. The largest absolute Gasteiger partial charge is 0.481 e. The first-order valence-corrected chi connectivity index (χ1v) is 11.2. The number of ether oxygens (including phenoxy) is 2. The Bertz CT molecular complexity index is 994. The van der Waals surface area contributed by atoms with Crippen LogP contribution < -0.4 is 10.6 Å². The lowest BCUT2D eigenvalue weighted by molar-refractivity contribution is -0.138. The van der Waals surface area contributed by atoms with Gasteiger partial charge in [-0.3, -0.25) is 9.59 Å². The van der Waals surface area contributed by atoms with Crippen LogP contribution >= 0.6 is 0 Å². The Balaban J connectivity index is 1.35. The average Bonchev–Trinajstić information content (AvgIpc) is 3.39. The number of rotatable bonds is 8. The molecule has 0 radical (unpaired) electrons. The molecule has 4 rings (SSSR count). The van der Waals surface area contributed by atoms with Crippen molar-refractivity contribution in [3.63, 3.8) is 0 Å². The van der Waals surface area contributed by atoms with Gasteiger partial charge < -0.3 is 25.2 Å². The van der Waals surface area contributed by atoms with E-state index in [9.17, 15) is 14.4 Å². The van der Waals surface area contributed by atoms with E-state index >= 15 is 0 Å². The number of carboxylic acids is 1. The van der Waals surface area contributed by atoms with Gasteiger partial charge in [0.05, 0.1) is 12.5 Å². The van der Waals surface area contributed by atoms with Gasteiger partial charge in [-0.1, -0.05) is 55.5 Å². The van der Waals surface area contributed by atoms with Gasteiger partial charge in [0, 0.05) is 18.6 Å². The Hall–Kier alpha value is -3.39. The summed E-state index contributed by atoms with van der Waals surface area (Å²) < 4.78 is 11.1. The monoisotopic (exact) mass is 452 g/mol. The van der Waals surface area contributed by atoms with Gasteiger partial charge in [-0.2, -0.15) is 0 Å². The molecule has 0 unspecified atom stereocenters. The number of benzene rings is 2. The van der Waals surface area contributed by atoms with Gasteiger partial charge in [-0.25, -0.2) is 4.79 Å². The first-order chi connectivity index (χ1) is 16.0. The predicted molar refractivity (Wildman–Crippen MR) is 121 cm³/mol. The smallest absolute Gasteiger partial charge is 0.407 e. The fourth-order valence-electron chi connectivity index (χ4n) is 4.58. The molecule has 1 saturated heterocycles. The normalized spacial score (nSPS) is 19.9. The number of amides is 2. The average molecular weight is 453 g/mol. The molecule has 2 aromatic rings. The first kappa shape index (κ1) is 22.8. The lowest BCUT2D eigenvalue weighted by Crippen LogP contribution is -2.50. The number of hydrogen-bond acceptors (Lipinski definition) is 5. The lowest BCUT2D eigenvalue weighted by atomic mass is 9.98. The van der Waals surface area contributed by atoms with E-state index in [-0.39, 0.29) is 18.9 Å². The van der Waals surface area contributed by atoms with Gasteiger partial charge >= 0.3 is 12.1 Å². The van der Waals surface area contributed by atoms with Crippen LogP contribution in [0.4, 0.5) is 4.79 Å². The molecule has 3 atom stereocenters. The second-order valence-corrected chi connectivity index (χ2v) is 8.37. The number of alkyl carbamates (subject to hydrolysis) is 1. The van der Waals surface area contributed by atoms with Gasteiger partial charge in [-0.15, -0.1) is 0 Å². The maximum atomic E-state index is 12.6. The standard InChI is InChI=1S/C25H28N2O6/c1-2-15(13-22(28)29)26-24(30)23-21(11-12-32-23)27-25(31)33-14-20-18-9-5-3-7-16(18)17-8-4-6-10-19(17)20/h3-10,15,20-21,23H,2,11-14H2,1H3,(H,26,30)(H,27,31)(H,28,29)/t15-,21-,23+/m0/s1. The molecule has 0 saturated carbocycles. The molecule has 2 aliphatic rings. The Morgan fingerprint density at radius 3 is 2.33 bits per heavy atom. The molecule has 0 spiro atoms. The third kappa shape index (κ3) is 5.01. The number of aliphatic carboxylic acids is 1. The SMILES string of the molecule is CC[C@@H](CC(=O)O)NC(=O)[C@@H]1OCC[C@@H]1NC(=O)OCC1c2ccccc2-c2ccccc21. The van der Waals surface area contributed by atoms with Crippen molar-refractivity contribution in [3.05, 3.63) is 59.7 Å². The quantitative estimate of drug-likeness (QED) is 0.567. The highest BCUT2D eigenvalue weighted by atomic mass is 16.6.